The van der Waals surface area contributed by atoms with E-state index >= 15 is 0 Å². The molecule has 0 spiro atoms. The maximum absolute atomic E-state index is 13.4. The van der Waals surface area contributed by atoms with Gasteiger partial charge >= 0.3 is 0 Å². The number of H-pyrrole nitrogens is 1. The number of aromatic nitrogens is 2. The van der Waals surface area contributed by atoms with Crippen LogP contribution in [0.1, 0.15) is 41.6 Å². The van der Waals surface area contributed by atoms with Crippen LogP contribution in [0.5, 0.6) is 0 Å². The molecule has 4 heterocycles. The van der Waals surface area contributed by atoms with E-state index in [-0.39, 0.29) is 29.5 Å². The SMILES string of the molecule is O=C(NCC1(c2ccccc2)CCOCC1)c1ccc2[nH]nc(-c3ccc(N4[C@@H]5COC[C@H]4CC(O)C5)cc3)c2c1. The molecule has 3 atom stereocenters. The van der Waals surface area contributed by atoms with Crippen LogP contribution in [0.15, 0.2) is 72.8 Å². The number of aromatic amines is 1. The predicted octanol–water partition coefficient (Wildman–Crippen LogP) is 4.44. The highest BCUT2D eigenvalue weighted by Gasteiger charge is 2.38. The van der Waals surface area contributed by atoms with Gasteiger partial charge in [0, 0.05) is 47.4 Å². The van der Waals surface area contributed by atoms with E-state index in [0.29, 0.717) is 38.5 Å². The number of carbonyl (C=O) groups is 1. The molecule has 8 nitrogen and oxygen atoms in total. The Balaban J connectivity index is 1.11. The summed E-state index contributed by atoms with van der Waals surface area (Å²) in [7, 11) is 0. The number of benzene rings is 3. The average Bonchev–Trinajstić information content (AvgIpc) is 3.44. The van der Waals surface area contributed by atoms with E-state index in [2.05, 4.69) is 68.9 Å². The third-order valence-corrected chi connectivity index (χ3v) is 9.18. The highest BCUT2D eigenvalue weighted by Crippen LogP contribution is 2.36. The average molecular weight is 553 g/mol. The van der Waals surface area contributed by atoms with Crippen molar-refractivity contribution in [2.45, 2.75) is 49.3 Å². The van der Waals surface area contributed by atoms with Crippen molar-refractivity contribution in [2.24, 2.45) is 0 Å². The van der Waals surface area contributed by atoms with E-state index in [4.69, 9.17) is 9.47 Å². The molecule has 0 radical (unpaired) electrons. The van der Waals surface area contributed by atoms with Crippen LogP contribution in [-0.4, -0.2) is 72.4 Å². The first-order chi connectivity index (χ1) is 20.1. The maximum atomic E-state index is 13.4. The van der Waals surface area contributed by atoms with Crippen molar-refractivity contribution in [1.29, 1.82) is 0 Å². The van der Waals surface area contributed by atoms with Gasteiger partial charge in [-0.3, -0.25) is 9.89 Å². The Labute approximate surface area is 239 Å². The normalized spacial score (nSPS) is 23.8. The molecule has 3 aromatic carbocycles. The van der Waals surface area contributed by atoms with E-state index in [9.17, 15) is 9.90 Å². The molecule has 1 aromatic heterocycles. The molecule has 7 rings (SSSR count). The lowest BCUT2D eigenvalue weighted by Crippen LogP contribution is -2.58. The van der Waals surface area contributed by atoms with Gasteiger partial charge in [-0.25, -0.2) is 0 Å². The van der Waals surface area contributed by atoms with Gasteiger partial charge in [-0.05, 0) is 61.6 Å². The fourth-order valence-electron chi connectivity index (χ4n) is 6.95. The van der Waals surface area contributed by atoms with E-state index in [1.165, 1.54) is 5.56 Å². The summed E-state index contributed by atoms with van der Waals surface area (Å²) in [5.41, 5.74) is 5.58. The first-order valence-electron chi connectivity index (χ1n) is 14.6. The summed E-state index contributed by atoms with van der Waals surface area (Å²) in [5, 5.41) is 22.1. The molecule has 2 bridgehead atoms. The van der Waals surface area contributed by atoms with Crippen LogP contribution in [0.3, 0.4) is 0 Å². The van der Waals surface area contributed by atoms with Crippen molar-refractivity contribution < 1.29 is 19.4 Å². The van der Waals surface area contributed by atoms with Gasteiger partial charge in [0.25, 0.3) is 5.91 Å². The van der Waals surface area contributed by atoms with E-state index in [0.717, 1.165) is 53.5 Å². The predicted molar refractivity (Wildman–Crippen MR) is 158 cm³/mol. The van der Waals surface area contributed by atoms with E-state index in [1.807, 2.05) is 24.3 Å². The van der Waals surface area contributed by atoms with Gasteiger partial charge in [0.2, 0.25) is 0 Å². The number of ether oxygens (including phenoxy) is 2. The van der Waals surface area contributed by atoms with Crippen molar-refractivity contribution >= 4 is 22.5 Å². The van der Waals surface area contributed by atoms with Crippen molar-refractivity contribution in [3.05, 3.63) is 83.9 Å². The molecule has 1 amide bonds. The Kier molecular flexibility index (Phi) is 6.98. The second-order valence-corrected chi connectivity index (χ2v) is 11.7. The van der Waals surface area contributed by atoms with Gasteiger partial charge < -0.3 is 24.8 Å². The highest BCUT2D eigenvalue weighted by molar-refractivity contribution is 6.01. The first kappa shape index (κ1) is 26.2. The van der Waals surface area contributed by atoms with Crippen LogP contribution < -0.4 is 10.2 Å². The third-order valence-electron chi connectivity index (χ3n) is 9.18. The summed E-state index contributed by atoms with van der Waals surface area (Å²) in [6, 6.07) is 25.0. The van der Waals surface area contributed by atoms with Crippen LogP contribution >= 0.6 is 0 Å². The molecule has 3 saturated heterocycles. The molecule has 0 saturated carbocycles. The minimum Gasteiger partial charge on any atom is -0.393 e. The Bertz CT molecular complexity index is 1500. The molecular weight excluding hydrogens is 516 g/mol. The smallest absolute Gasteiger partial charge is 0.251 e. The van der Waals surface area contributed by atoms with Gasteiger partial charge in [-0.2, -0.15) is 5.10 Å². The van der Waals surface area contributed by atoms with Crippen LogP contribution in [0, 0.1) is 0 Å². The summed E-state index contributed by atoms with van der Waals surface area (Å²) in [4.78, 5) is 15.8. The number of aliphatic hydroxyl groups excluding tert-OH is 1. The van der Waals surface area contributed by atoms with Crippen molar-refractivity contribution in [1.82, 2.24) is 15.5 Å². The number of hydrogen-bond acceptors (Lipinski definition) is 6. The molecule has 3 N–H and O–H groups in total. The molecule has 41 heavy (non-hydrogen) atoms. The minimum absolute atomic E-state index is 0.0859. The lowest BCUT2D eigenvalue weighted by molar-refractivity contribution is 0.00124. The topological polar surface area (TPSA) is 99.7 Å². The van der Waals surface area contributed by atoms with Crippen molar-refractivity contribution in [3.8, 4) is 11.3 Å². The number of aliphatic hydroxyl groups is 1. The number of anilines is 1. The van der Waals surface area contributed by atoms with Gasteiger partial charge in [-0.15, -0.1) is 0 Å². The summed E-state index contributed by atoms with van der Waals surface area (Å²) < 4.78 is 11.4. The number of nitrogens with one attached hydrogen (secondary N) is 2. The number of carbonyl (C=O) groups excluding carboxylic acids is 1. The van der Waals surface area contributed by atoms with Crippen LogP contribution in [0.4, 0.5) is 5.69 Å². The zero-order chi connectivity index (χ0) is 27.8. The third kappa shape index (κ3) is 5.01. The zero-order valence-electron chi connectivity index (χ0n) is 23.1. The Morgan fingerprint density at radius 2 is 1.71 bits per heavy atom. The fraction of sp³-hybridized carbons (Fsp3) is 0.394. The van der Waals surface area contributed by atoms with Crippen LogP contribution in [-0.2, 0) is 14.9 Å². The van der Waals surface area contributed by atoms with Crippen LogP contribution in [0.2, 0.25) is 0 Å². The lowest BCUT2D eigenvalue weighted by Gasteiger charge is -2.48. The quantitative estimate of drug-likeness (QED) is 0.327. The molecule has 212 valence electrons. The number of amides is 1. The Hall–Kier alpha value is -3.72. The molecule has 8 heteroatoms. The molecule has 3 aliphatic heterocycles. The van der Waals surface area contributed by atoms with Crippen LogP contribution in [0.25, 0.3) is 22.2 Å². The Morgan fingerprint density at radius 3 is 2.44 bits per heavy atom. The second kappa shape index (κ2) is 10.9. The van der Waals surface area contributed by atoms with Gasteiger partial charge in [0.1, 0.15) is 0 Å². The number of piperidine rings is 1. The summed E-state index contributed by atoms with van der Waals surface area (Å²) in [6.07, 6.45) is 2.96. The van der Waals surface area contributed by atoms with Crippen molar-refractivity contribution in [3.63, 3.8) is 0 Å². The standard InChI is InChI=1S/C33H36N4O4/c38-28-17-26-19-41-20-27(18-28)37(26)25-9-6-22(7-10-25)31-29-16-23(8-11-30(29)35-36-31)32(39)34-21-33(12-14-40-15-13-33)24-4-2-1-3-5-24/h1-11,16,26-28,38H,12-15,17-21H2,(H,34,39)(H,35,36)/t26-,27+,28?. The molecule has 4 aromatic rings. The number of fused-ring (bicyclic) bond motifs is 3. The molecule has 3 aliphatic rings. The number of morpholine rings is 1. The largest absolute Gasteiger partial charge is 0.393 e. The molecular formula is C33H36N4O4. The Morgan fingerprint density at radius 1 is 0.976 bits per heavy atom. The summed E-state index contributed by atoms with van der Waals surface area (Å²) in [5.74, 6) is -0.0859. The number of rotatable bonds is 6. The van der Waals surface area contributed by atoms with Gasteiger partial charge in [0.15, 0.2) is 0 Å². The zero-order valence-corrected chi connectivity index (χ0v) is 23.1. The monoisotopic (exact) mass is 552 g/mol. The fourth-order valence-corrected chi connectivity index (χ4v) is 6.95. The van der Waals surface area contributed by atoms with E-state index < -0.39 is 0 Å². The summed E-state index contributed by atoms with van der Waals surface area (Å²) >= 11 is 0. The van der Waals surface area contributed by atoms with Gasteiger partial charge in [0.05, 0.1) is 42.6 Å². The minimum atomic E-state index is -0.258. The molecule has 1 unspecified atom stereocenters. The summed E-state index contributed by atoms with van der Waals surface area (Å²) in [6.45, 7) is 3.25. The first-order valence-corrected chi connectivity index (χ1v) is 14.6. The highest BCUT2D eigenvalue weighted by atomic mass is 16.5. The molecule has 3 fully saturated rings. The maximum Gasteiger partial charge on any atom is 0.251 e. The second-order valence-electron chi connectivity index (χ2n) is 11.7. The van der Waals surface area contributed by atoms with Crippen molar-refractivity contribution in [2.75, 3.05) is 37.9 Å². The lowest BCUT2D eigenvalue weighted by atomic mass is 9.74. The number of nitrogens with zero attached hydrogens (tertiary/aromatic N) is 2. The van der Waals surface area contributed by atoms with E-state index in [1.54, 1.807) is 0 Å². The number of hydrogen-bond donors (Lipinski definition) is 3. The molecule has 0 aliphatic carbocycles. The van der Waals surface area contributed by atoms with Gasteiger partial charge in [-0.1, -0.05) is 42.5 Å².